The molecule has 2 aromatic carbocycles. The van der Waals surface area contributed by atoms with Crippen LogP contribution in [0.15, 0.2) is 54.6 Å². The van der Waals surface area contributed by atoms with Gasteiger partial charge in [0.05, 0.1) is 11.6 Å². The highest BCUT2D eigenvalue weighted by atomic mass is 19.1. The topological polar surface area (TPSA) is 32.3 Å². The summed E-state index contributed by atoms with van der Waals surface area (Å²) in [6.07, 6.45) is 2.64. The molecular weight excluding hydrogens is 334 g/mol. The van der Waals surface area contributed by atoms with Gasteiger partial charge in [-0.3, -0.25) is 4.79 Å². The fourth-order valence-corrected chi connectivity index (χ4v) is 3.66. The van der Waals surface area contributed by atoms with Crippen LogP contribution in [0, 0.1) is 11.6 Å². The van der Waals surface area contributed by atoms with Crippen LogP contribution < -0.4 is 5.32 Å². The number of halogens is 2. The summed E-state index contributed by atoms with van der Waals surface area (Å²) in [7, 11) is 0. The van der Waals surface area contributed by atoms with Gasteiger partial charge in [-0.2, -0.15) is 0 Å². The van der Waals surface area contributed by atoms with Gasteiger partial charge in [0.15, 0.2) is 0 Å². The Morgan fingerprint density at radius 2 is 1.92 bits per heavy atom. The van der Waals surface area contributed by atoms with E-state index in [1.54, 1.807) is 4.90 Å². The van der Waals surface area contributed by atoms with Gasteiger partial charge in [0.2, 0.25) is 5.91 Å². The molecule has 0 radical (unpaired) electrons. The first-order valence-electron chi connectivity index (χ1n) is 8.75. The molecule has 2 heterocycles. The largest absolute Gasteiger partial charge is 0.326 e. The Hall–Kier alpha value is -2.53. The zero-order chi connectivity index (χ0) is 18.3. The summed E-state index contributed by atoms with van der Waals surface area (Å²) in [5.41, 5.74) is 1.22. The zero-order valence-electron chi connectivity index (χ0n) is 14.5. The predicted molar refractivity (Wildman–Crippen MR) is 96.3 cm³/mol. The standard InChI is InChI=1S/C21H20F2N2O/c1-21(9-10-24-21)20(26)25-13-15(17-12-16(22)7-8-18(17)23)11-19(25)14-5-3-2-4-6-14/h2-8,11-12,19,24H,9-10,13H2,1H3. The normalized spacial score (nSPS) is 25.0. The first-order chi connectivity index (χ1) is 12.5. The van der Waals surface area contributed by atoms with E-state index in [0.29, 0.717) is 5.57 Å². The van der Waals surface area contributed by atoms with Crippen molar-refractivity contribution >= 4 is 11.5 Å². The lowest BCUT2D eigenvalue weighted by Crippen LogP contribution is -2.64. The maximum Gasteiger partial charge on any atom is 0.243 e. The fourth-order valence-electron chi connectivity index (χ4n) is 3.66. The van der Waals surface area contributed by atoms with Crippen LogP contribution in [0.1, 0.15) is 30.5 Å². The van der Waals surface area contributed by atoms with E-state index < -0.39 is 17.2 Å². The van der Waals surface area contributed by atoms with Gasteiger partial charge in [-0.25, -0.2) is 8.78 Å². The summed E-state index contributed by atoms with van der Waals surface area (Å²) in [4.78, 5) is 14.9. The number of carbonyl (C=O) groups is 1. The Balaban J connectivity index is 1.73. The lowest BCUT2D eigenvalue weighted by molar-refractivity contribution is -0.141. The Kier molecular flexibility index (Phi) is 4.11. The van der Waals surface area contributed by atoms with Crippen LogP contribution in [0.2, 0.25) is 0 Å². The highest BCUT2D eigenvalue weighted by Crippen LogP contribution is 2.38. The van der Waals surface area contributed by atoms with E-state index in [9.17, 15) is 13.6 Å². The molecule has 0 spiro atoms. The lowest BCUT2D eigenvalue weighted by Gasteiger charge is -2.42. The third-order valence-electron chi connectivity index (χ3n) is 5.32. The summed E-state index contributed by atoms with van der Waals surface area (Å²) in [5, 5.41) is 3.20. The lowest BCUT2D eigenvalue weighted by atomic mass is 9.88. The minimum atomic E-state index is -0.587. The number of hydrogen-bond acceptors (Lipinski definition) is 2. The second-order valence-corrected chi connectivity index (χ2v) is 7.11. The summed E-state index contributed by atoms with van der Waals surface area (Å²) in [5.74, 6) is -0.983. The average Bonchev–Trinajstić information content (AvgIpc) is 3.07. The molecule has 3 nitrogen and oxygen atoms in total. The molecule has 2 unspecified atom stereocenters. The molecule has 26 heavy (non-hydrogen) atoms. The van der Waals surface area contributed by atoms with Crippen LogP contribution in [-0.2, 0) is 4.79 Å². The maximum atomic E-state index is 14.3. The molecule has 1 N–H and O–H groups in total. The first kappa shape index (κ1) is 16.9. The minimum absolute atomic E-state index is 0.0133. The predicted octanol–water partition coefficient (Wildman–Crippen LogP) is 3.68. The van der Waals surface area contributed by atoms with E-state index in [2.05, 4.69) is 5.32 Å². The molecule has 5 heteroatoms. The average molecular weight is 354 g/mol. The van der Waals surface area contributed by atoms with Crippen LogP contribution in [0.25, 0.3) is 5.57 Å². The van der Waals surface area contributed by atoms with E-state index in [-0.39, 0.29) is 24.1 Å². The Bertz CT molecular complexity index is 875. The molecule has 1 saturated heterocycles. The molecule has 2 aromatic rings. The van der Waals surface area contributed by atoms with Gasteiger partial charge < -0.3 is 10.2 Å². The number of amides is 1. The van der Waals surface area contributed by atoms with Crippen molar-refractivity contribution in [2.75, 3.05) is 13.1 Å². The highest BCUT2D eigenvalue weighted by Gasteiger charge is 2.45. The number of hydrogen-bond donors (Lipinski definition) is 1. The number of nitrogens with zero attached hydrogens (tertiary/aromatic N) is 1. The second-order valence-electron chi connectivity index (χ2n) is 7.11. The molecule has 4 rings (SSSR count). The second kappa shape index (κ2) is 6.32. The van der Waals surface area contributed by atoms with Gasteiger partial charge >= 0.3 is 0 Å². The summed E-state index contributed by atoms with van der Waals surface area (Å²) >= 11 is 0. The third-order valence-corrected chi connectivity index (χ3v) is 5.32. The molecule has 1 fully saturated rings. The van der Waals surface area contributed by atoms with Crippen molar-refractivity contribution in [1.82, 2.24) is 10.2 Å². The van der Waals surface area contributed by atoms with E-state index in [1.165, 1.54) is 6.07 Å². The van der Waals surface area contributed by atoms with Crippen molar-refractivity contribution < 1.29 is 13.6 Å². The zero-order valence-corrected chi connectivity index (χ0v) is 14.5. The van der Waals surface area contributed by atoms with Gasteiger partial charge in [-0.15, -0.1) is 0 Å². The van der Waals surface area contributed by atoms with Gasteiger partial charge in [-0.05, 0) is 49.2 Å². The molecule has 0 saturated carbocycles. The molecule has 2 atom stereocenters. The van der Waals surface area contributed by atoms with Crippen LogP contribution in [0.3, 0.4) is 0 Å². The molecule has 0 bridgehead atoms. The maximum absolute atomic E-state index is 14.3. The summed E-state index contributed by atoms with van der Waals surface area (Å²) in [6.45, 7) is 2.96. The van der Waals surface area contributed by atoms with Crippen LogP contribution in [0.5, 0.6) is 0 Å². The third kappa shape index (κ3) is 2.82. The Morgan fingerprint density at radius 1 is 1.19 bits per heavy atom. The first-order valence-corrected chi connectivity index (χ1v) is 8.75. The smallest absolute Gasteiger partial charge is 0.243 e. The van der Waals surface area contributed by atoms with Gasteiger partial charge in [0, 0.05) is 12.1 Å². The van der Waals surface area contributed by atoms with Crippen LogP contribution in [0.4, 0.5) is 8.78 Å². The van der Waals surface area contributed by atoms with Crippen molar-refractivity contribution in [3.63, 3.8) is 0 Å². The van der Waals surface area contributed by atoms with E-state index in [4.69, 9.17) is 0 Å². The van der Waals surface area contributed by atoms with E-state index in [1.807, 2.05) is 43.3 Å². The molecule has 2 aliphatic rings. The van der Waals surface area contributed by atoms with E-state index >= 15 is 0 Å². The SMILES string of the molecule is CC1(C(=O)N2CC(c3cc(F)ccc3F)=CC2c2ccccc2)CCN1. The number of rotatable bonds is 3. The van der Waals surface area contributed by atoms with Crippen molar-refractivity contribution in [3.8, 4) is 0 Å². The van der Waals surface area contributed by atoms with Gasteiger partial charge in [-0.1, -0.05) is 36.4 Å². The van der Waals surface area contributed by atoms with Crippen molar-refractivity contribution in [3.05, 3.63) is 77.4 Å². The van der Waals surface area contributed by atoms with Gasteiger partial charge in [0.25, 0.3) is 0 Å². The van der Waals surface area contributed by atoms with Crippen molar-refractivity contribution in [1.29, 1.82) is 0 Å². The number of carbonyl (C=O) groups excluding carboxylic acids is 1. The minimum Gasteiger partial charge on any atom is -0.326 e. The van der Waals surface area contributed by atoms with Crippen molar-refractivity contribution in [2.24, 2.45) is 0 Å². The quantitative estimate of drug-likeness (QED) is 0.912. The van der Waals surface area contributed by atoms with Crippen LogP contribution in [-0.4, -0.2) is 29.4 Å². The monoisotopic (exact) mass is 354 g/mol. The molecule has 1 amide bonds. The van der Waals surface area contributed by atoms with Crippen LogP contribution >= 0.6 is 0 Å². The molecule has 2 aliphatic heterocycles. The number of nitrogens with one attached hydrogen (secondary N) is 1. The number of benzene rings is 2. The summed E-state index contributed by atoms with van der Waals surface area (Å²) in [6, 6.07) is 12.8. The van der Waals surface area contributed by atoms with Crippen molar-refractivity contribution in [2.45, 2.75) is 24.9 Å². The Morgan fingerprint density at radius 3 is 2.58 bits per heavy atom. The van der Waals surface area contributed by atoms with E-state index in [0.717, 1.165) is 30.7 Å². The molecular formula is C21H20F2N2O. The van der Waals surface area contributed by atoms with Gasteiger partial charge in [0.1, 0.15) is 11.6 Å². The molecule has 0 aliphatic carbocycles. The summed E-state index contributed by atoms with van der Waals surface area (Å²) < 4.78 is 27.9. The highest BCUT2D eigenvalue weighted by molar-refractivity contribution is 5.90. The fraction of sp³-hybridized carbons (Fsp3) is 0.286. The Labute approximate surface area is 151 Å². The molecule has 134 valence electrons. The molecule has 0 aromatic heterocycles.